The van der Waals surface area contributed by atoms with Crippen LogP contribution in [0.3, 0.4) is 0 Å². The first-order valence-corrected chi connectivity index (χ1v) is 6.18. The maximum atomic E-state index is 11.1. The molecule has 5 N–H and O–H groups in total. The molecule has 0 rings (SSSR count). The molecule has 0 fully saturated rings. The van der Waals surface area contributed by atoms with Gasteiger partial charge in [-0.05, 0) is 5.92 Å². The lowest BCUT2D eigenvalue weighted by Crippen LogP contribution is -2.29. The first kappa shape index (κ1) is 12.6. The Balaban J connectivity index is 3.81. The number of hydrogen-bond acceptors (Lipinski definition) is 2. The second kappa shape index (κ2) is 5.37. The molecule has 1 amide bonds. The summed E-state index contributed by atoms with van der Waals surface area (Å²) in [5.41, 5.74) is 9.97. The summed E-state index contributed by atoms with van der Waals surface area (Å²) in [4.78, 5) is 11.1. The Hall–Kier alpha value is -0.380. The van der Waals surface area contributed by atoms with Gasteiger partial charge >= 0.3 is 0 Å². The van der Waals surface area contributed by atoms with Gasteiger partial charge in [0.1, 0.15) is 0 Å². The summed E-state index contributed by atoms with van der Waals surface area (Å²) in [6, 6.07) is 0. The largest absolute Gasteiger partial charge is 0.300 e. The lowest BCUT2D eigenvalue weighted by atomic mass is 10.0. The lowest BCUT2D eigenvalue weighted by Gasteiger charge is -2.12. The Morgan fingerprint density at radius 3 is 2.46 bits per heavy atom. The minimum atomic E-state index is -3.40. The van der Waals surface area contributed by atoms with Crippen LogP contribution in [-0.4, -0.2) is 5.91 Å². The zero-order valence-electron chi connectivity index (χ0n) is 8.12. The molecule has 0 aliphatic carbocycles. The fourth-order valence-corrected chi connectivity index (χ4v) is 1.63. The fourth-order valence-electron chi connectivity index (χ4n) is 1.15. The number of amides is 1. The van der Waals surface area contributed by atoms with E-state index < -0.39 is 7.59 Å². The van der Waals surface area contributed by atoms with E-state index in [1.165, 1.54) is 0 Å². The van der Waals surface area contributed by atoms with Crippen LogP contribution in [0.2, 0.25) is 0 Å². The second-order valence-corrected chi connectivity index (χ2v) is 4.98. The first-order valence-electron chi connectivity index (χ1n) is 4.33. The zero-order valence-corrected chi connectivity index (χ0v) is 9.01. The van der Waals surface area contributed by atoms with E-state index in [-0.39, 0.29) is 11.8 Å². The first-order chi connectivity index (χ1) is 5.85. The number of nitrogens with one attached hydrogen (secondary N) is 1. The van der Waals surface area contributed by atoms with Gasteiger partial charge in [0.05, 0.1) is 0 Å². The molecular weight excluding hydrogens is 189 g/mol. The number of hydrogen-bond donors (Lipinski definition) is 3. The minimum Gasteiger partial charge on any atom is -0.283 e. The molecule has 0 aliphatic rings. The van der Waals surface area contributed by atoms with E-state index in [2.05, 4.69) is 5.09 Å². The van der Waals surface area contributed by atoms with E-state index in [0.717, 1.165) is 12.8 Å². The molecule has 0 saturated carbocycles. The predicted molar refractivity (Wildman–Crippen MR) is 52.8 cm³/mol. The van der Waals surface area contributed by atoms with Crippen molar-refractivity contribution in [3.63, 3.8) is 0 Å². The minimum absolute atomic E-state index is 0.275. The van der Waals surface area contributed by atoms with Crippen LogP contribution in [-0.2, 0) is 9.36 Å². The van der Waals surface area contributed by atoms with E-state index >= 15 is 0 Å². The maximum absolute atomic E-state index is 11.1. The van der Waals surface area contributed by atoms with Gasteiger partial charge in [0.2, 0.25) is 5.91 Å². The molecule has 0 aromatic heterocycles. The van der Waals surface area contributed by atoms with E-state index in [4.69, 9.17) is 11.0 Å². The quantitative estimate of drug-likeness (QED) is 0.584. The van der Waals surface area contributed by atoms with Gasteiger partial charge < -0.3 is 0 Å². The predicted octanol–water partition coefficient (Wildman–Crippen LogP) is 0.954. The van der Waals surface area contributed by atoms with Crippen molar-refractivity contribution in [2.45, 2.75) is 33.1 Å². The monoisotopic (exact) mass is 207 g/mol. The third-order valence-corrected chi connectivity index (χ3v) is 2.21. The maximum Gasteiger partial charge on any atom is 0.300 e. The summed E-state index contributed by atoms with van der Waals surface area (Å²) in [6.45, 7) is 4.01. The Morgan fingerprint density at radius 1 is 1.54 bits per heavy atom. The highest BCUT2D eigenvalue weighted by atomic mass is 31.2. The van der Waals surface area contributed by atoms with Gasteiger partial charge in [-0.1, -0.05) is 26.7 Å². The molecule has 0 heterocycles. The van der Waals surface area contributed by atoms with E-state index in [1.807, 2.05) is 13.8 Å². The Bertz CT molecular complexity index is 214. The van der Waals surface area contributed by atoms with Crippen LogP contribution < -0.4 is 16.1 Å². The highest BCUT2D eigenvalue weighted by molar-refractivity contribution is 7.57. The molecule has 0 aliphatic heterocycles. The van der Waals surface area contributed by atoms with Gasteiger partial charge in [0.15, 0.2) is 0 Å². The van der Waals surface area contributed by atoms with Crippen LogP contribution in [0.15, 0.2) is 0 Å². The average molecular weight is 207 g/mol. The van der Waals surface area contributed by atoms with Crippen LogP contribution in [0.4, 0.5) is 0 Å². The normalized spacial score (nSPS) is 13.8. The molecule has 5 nitrogen and oxygen atoms in total. The van der Waals surface area contributed by atoms with Crippen LogP contribution in [0, 0.1) is 5.92 Å². The van der Waals surface area contributed by atoms with Crippen molar-refractivity contribution in [1.82, 2.24) is 5.09 Å². The molecule has 1 atom stereocenters. The standard InChI is InChI=1S/C7H18N3O2P/c1-3-4-6(2)5-7(11)10-13(8,9)12/h6H,3-5H2,1-2H3,(H5,8,9,10,11,12). The van der Waals surface area contributed by atoms with Crippen molar-refractivity contribution in [3.8, 4) is 0 Å². The highest BCUT2D eigenvalue weighted by Crippen LogP contribution is 2.19. The smallest absolute Gasteiger partial charge is 0.283 e. The topological polar surface area (TPSA) is 98.2 Å². The van der Waals surface area contributed by atoms with Gasteiger partial charge in [0, 0.05) is 6.42 Å². The lowest BCUT2D eigenvalue weighted by molar-refractivity contribution is -0.120. The molecule has 0 aromatic carbocycles. The van der Waals surface area contributed by atoms with Crippen molar-refractivity contribution in [2.75, 3.05) is 0 Å². The molecule has 1 unspecified atom stereocenters. The summed E-state index contributed by atoms with van der Waals surface area (Å²) in [6.07, 6.45) is 2.32. The van der Waals surface area contributed by atoms with Crippen LogP contribution in [0.1, 0.15) is 33.1 Å². The molecule has 78 valence electrons. The molecule has 0 radical (unpaired) electrons. The second-order valence-electron chi connectivity index (χ2n) is 3.34. The summed E-state index contributed by atoms with van der Waals surface area (Å²) in [7, 11) is -3.40. The Kier molecular flexibility index (Phi) is 5.21. The van der Waals surface area contributed by atoms with Gasteiger partial charge in [-0.25, -0.2) is 0 Å². The summed E-state index contributed by atoms with van der Waals surface area (Å²) < 4.78 is 10.8. The van der Waals surface area contributed by atoms with Gasteiger partial charge in [-0.3, -0.25) is 25.5 Å². The molecule has 0 spiro atoms. The summed E-state index contributed by atoms with van der Waals surface area (Å²) in [5, 5.41) is 2.08. The molecular formula is C7H18N3O2P. The van der Waals surface area contributed by atoms with Crippen LogP contribution >= 0.6 is 7.59 Å². The molecule has 13 heavy (non-hydrogen) atoms. The van der Waals surface area contributed by atoms with Gasteiger partial charge in [-0.2, -0.15) is 0 Å². The van der Waals surface area contributed by atoms with Crippen LogP contribution in [0.25, 0.3) is 0 Å². The number of nitrogens with two attached hydrogens (primary N) is 2. The SMILES string of the molecule is CCCC(C)CC(=O)NP(N)(N)=O. The third kappa shape index (κ3) is 7.96. The number of rotatable bonds is 5. The van der Waals surface area contributed by atoms with Crippen molar-refractivity contribution >= 4 is 13.5 Å². The number of carbonyl (C=O) groups is 1. The van der Waals surface area contributed by atoms with Crippen LogP contribution in [0.5, 0.6) is 0 Å². The zero-order chi connectivity index (χ0) is 10.5. The third-order valence-electron chi connectivity index (χ3n) is 1.61. The van der Waals surface area contributed by atoms with E-state index in [0.29, 0.717) is 6.42 Å². The summed E-state index contributed by atoms with van der Waals surface area (Å²) in [5.74, 6) is -0.0640. The average Bonchev–Trinajstić information content (AvgIpc) is 1.81. The van der Waals surface area contributed by atoms with E-state index in [1.54, 1.807) is 0 Å². The molecule has 0 saturated heterocycles. The van der Waals surface area contributed by atoms with Gasteiger partial charge in [0.25, 0.3) is 7.59 Å². The molecule has 0 aromatic rings. The number of carbonyl (C=O) groups excluding carboxylic acids is 1. The Labute approximate surface area is 78.8 Å². The highest BCUT2D eigenvalue weighted by Gasteiger charge is 2.14. The fraction of sp³-hybridized carbons (Fsp3) is 0.857. The molecule has 6 heteroatoms. The van der Waals surface area contributed by atoms with Gasteiger partial charge in [-0.15, -0.1) is 0 Å². The van der Waals surface area contributed by atoms with E-state index in [9.17, 15) is 9.36 Å². The van der Waals surface area contributed by atoms with Crippen molar-refractivity contribution < 1.29 is 9.36 Å². The van der Waals surface area contributed by atoms with Crippen molar-refractivity contribution in [2.24, 2.45) is 16.9 Å². The molecule has 0 bridgehead atoms. The summed E-state index contributed by atoms with van der Waals surface area (Å²) >= 11 is 0. The van der Waals surface area contributed by atoms with Crippen molar-refractivity contribution in [3.05, 3.63) is 0 Å². The van der Waals surface area contributed by atoms with Crippen molar-refractivity contribution in [1.29, 1.82) is 0 Å². The Morgan fingerprint density at radius 2 is 2.08 bits per heavy atom.